The van der Waals surface area contributed by atoms with E-state index in [1.54, 1.807) is 21.3 Å². The Morgan fingerprint density at radius 3 is 2.21 bits per heavy atom. The number of pyridine rings is 1. The summed E-state index contributed by atoms with van der Waals surface area (Å²) in [5.41, 5.74) is 1.36. The third kappa shape index (κ3) is 6.69. The molecule has 24 heavy (non-hydrogen) atoms. The van der Waals surface area contributed by atoms with E-state index < -0.39 is 0 Å². The first-order chi connectivity index (χ1) is 11.6. The minimum Gasteiger partial charge on any atom is -0.383 e. The Bertz CT molecular complexity index is 511. The summed E-state index contributed by atoms with van der Waals surface area (Å²) in [6, 6.07) is 1.85. The molecule has 3 N–H and O–H groups in total. The van der Waals surface area contributed by atoms with Crippen molar-refractivity contribution in [2.45, 2.75) is 6.92 Å². The number of anilines is 2. The lowest BCUT2D eigenvalue weighted by molar-refractivity contribution is 0.0937. The average Bonchev–Trinajstić information content (AvgIpc) is 2.55. The molecule has 0 spiro atoms. The molecule has 8 nitrogen and oxygen atoms in total. The van der Waals surface area contributed by atoms with Gasteiger partial charge in [-0.15, -0.1) is 0 Å². The lowest BCUT2D eigenvalue weighted by atomic mass is 10.1. The Morgan fingerprint density at radius 1 is 1.00 bits per heavy atom. The molecule has 0 aliphatic rings. The molecule has 1 rings (SSSR count). The van der Waals surface area contributed by atoms with E-state index in [4.69, 9.17) is 14.2 Å². The van der Waals surface area contributed by atoms with Gasteiger partial charge in [-0.05, 0) is 18.6 Å². The van der Waals surface area contributed by atoms with Crippen LogP contribution >= 0.6 is 0 Å². The molecule has 1 aromatic rings. The topological polar surface area (TPSA) is 93.7 Å². The lowest BCUT2D eigenvalue weighted by Crippen LogP contribution is -2.29. The van der Waals surface area contributed by atoms with E-state index >= 15 is 0 Å². The monoisotopic (exact) mass is 340 g/mol. The molecule has 0 radical (unpaired) electrons. The molecule has 0 saturated heterocycles. The molecule has 0 saturated carbocycles. The van der Waals surface area contributed by atoms with E-state index in [1.165, 1.54) is 0 Å². The quantitative estimate of drug-likeness (QED) is 0.486. The summed E-state index contributed by atoms with van der Waals surface area (Å²) in [5.74, 6) is 1.04. The van der Waals surface area contributed by atoms with Crippen LogP contribution in [0.3, 0.4) is 0 Å². The minimum atomic E-state index is -0.180. The van der Waals surface area contributed by atoms with Crippen LogP contribution in [0.4, 0.5) is 11.6 Å². The van der Waals surface area contributed by atoms with Gasteiger partial charge in [0, 0.05) is 41.0 Å². The van der Waals surface area contributed by atoms with E-state index in [2.05, 4.69) is 20.9 Å². The van der Waals surface area contributed by atoms with Crippen LogP contribution in [0.2, 0.25) is 0 Å². The minimum absolute atomic E-state index is 0.180. The number of nitrogens with zero attached hydrogens (tertiary/aromatic N) is 1. The molecule has 0 aliphatic heterocycles. The van der Waals surface area contributed by atoms with Gasteiger partial charge in [-0.2, -0.15) is 0 Å². The summed E-state index contributed by atoms with van der Waals surface area (Å²) < 4.78 is 15.0. The highest BCUT2D eigenvalue weighted by Crippen LogP contribution is 2.21. The van der Waals surface area contributed by atoms with Crippen molar-refractivity contribution in [3.05, 3.63) is 17.2 Å². The van der Waals surface area contributed by atoms with E-state index in [0.717, 1.165) is 5.56 Å². The predicted molar refractivity (Wildman–Crippen MR) is 93.9 cm³/mol. The SMILES string of the molecule is COCCNC(=O)c1c(C)cc(NCCOC)nc1NCCOC. The molecule has 0 bridgehead atoms. The second-order valence-electron chi connectivity index (χ2n) is 5.14. The number of amides is 1. The molecule has 0 aliphatic carbocycles. The highest BCUT2D eigenvalue weighted by molar-refractivity contribution is 6.00. The Balaban J connectivity index is 2.93. The molecular formula is C16H28N4O4. The number of aromatic nitrogens is 1. The number of hydrogen-bond acceptors (Lipinski definition) is 7. The van der Waals surface area contributed by atoms with E-state index in [9.17, 15) is 4.79 Å². The highest BCUT2D eigenvalue weighted by atomic mass is 16.5. The van der Waals surface area contributed by atoms with Crippen LogP contribution in [-0.2, 0) is 14.2 Å². The molecular weight excluding hydrogens is 312 g/mol. The second-order valence-corrected chi connectivity index (χ2v) is 5.14. The number of ether oxygens (including phenoxy) is 3. The molecule has 1 heterocycles. The maximum atomic E-state index is 12.4. The third-order valence-corrected chi connectivity index (χ3v) is 3.25. The van der Waals surface area contributed by atoms with Crippen LogP contribution in [0.1, 0.15) is 15.9 Å². The summed E-state index contributed by atoms with van der Waals surface area (Å²) in [6.07, 6.45) is 0. The summed E-state index contributed by atoms with van der Waals surface area (Å²) in [6.45, 7) is 5.08. The smallest absolute Gasteiger partial charge is 0.255 e. The summed E-state index contributed by atoms with van der Waals surface area (Å²) in [5, 5.41) is 9.16. The number of aryl methyl sites for hydroxylation is 1. The maximum absolute atomic E-state index is 12.4. The first kappa shape index (κ1) is 20.1. The van der Waals surface area contributed by atoms with Crippen LogP contribution in [0.5, 0.6) is 0 Å². The number of carbonyl (C=O) groups is 1. The van der Waals surface area contributed by atoms with Crippen LogP contribution in [0.15, 0.2) is 6.07 Å². The van der Waals surface area contributed by atoms with E-state index in [1.807, 2.05) is 13.0 Å². The van der Waals surface area contributed by atoms with Gasteiger partial charge in [0.25, 0.3) is 5.91 Å². The maximum Gasteiger partial charge on any atom is 0.255 e. The zero-order chi connectivity index (χ0) is 17.8. The number of nitrogens with one attached hydrogen (secondary N) is 3. The number of rotatable bonds is 12. The zero-order valence-electron chi connectivity index (χ0n) is 14.9. The van der Waals surface area contributed by atoms with Gasteiger partial charge >= 0.3 is 0 Å². The largest absolute Gasteiger partial charge is 0.383 e. The second kappa shape index (κ2) is 11.6. The Hall–Kier alpha value is -1.90. The van der Waals surface area contributed by atoms with E-state index in [-0.39, 0.29) is 5.91 Å². The van der Waals surface area contributed by atoms with Crippen molar-refractivity contribution in [2.75, 3.05) is 71.4 Å². The molecule has 8 heteroatoms. The lowest BCUT2D eigenvalue weighted by Gasteiger charge is -2.16. The molecule has 1 amide bonds. The van der Waals surface area contributed by atoms with Gasteiger partial charge in [0.15, 0.2) is 0 Å². The molecule has 136 valence electrons. The van der Waals surface area contributed by atoms with Crippen LogP contribution in [0.25, 0.3) is 0 Å². The summed E-state index contributed by atoms with van der Waals surface area (Å²) in [4.78, 5) is 16.9. The van der Waals surface area contributed by atoms with Crippen molar-refractivity contribution in [3.63, 3.8) is 0 Å². The van der Waals surface area contributed by atoms with Crippen molar-refractivity contribution in [2.24, 2.45) is 0 Å². The molecule has 0 fully saturated rings. The van der Waals surface area contributed by atoms with Crippen molar-refractivity contribution in [1.82, 2.24) is 10.3 Å². The van der Waals surface area contributed by atoms with E-state index in [0.29, 0.717) is 56.7 Å². The summed E-state index contributed by atoms with van der Waals surface area (Å²) in [7, 11) is 4.87. The fourth-order valence-corrected chi connectivity index (χ4v) is 2.09. The first-order valence-electron chi connectivity index (χ1n) is 7.88. The van der Waals surface area contributed by atoms with Crippen molar-refractivity contribution >= 4 is 17.5 Å². The Labute approximate surface area is 143 Å². The van der Waals surface area contributed by atoms with Gasteiger partial charge in [-0.25, -0.2) is 4.98 Å². The van der Waals surface area contributed by atoms with Gasteiger partial charge in [0.1, 0.15) is 11.6 Å². The van der Waals surface area contributed by atoms with Crippen LogP contribution in [0, 0.1) is 6.92 Å². The van der Waals surface area contributed by atoms with Gasteiger partial charge in [0.05, 0.1) is 25.4 Å². The van der Waals surface area contributed by atoms with Crippen molar-refractivity contribution < 1.29 is 19.0 Å². The van der Waals surface area contributed by atoms with Crippen LogP contribution in [-0.4, -0.2) is 71.7 Å². The molecule has 0 aromatic carbocycles. The average molecular weight is 340 g/mol. The van der Waals surface area contributed by atoms with Crippen LogP contribution < -0.4 is 16.0 Å². The fraction of sp³-hybridized carbons (Fsp3) is 0.625. The standard InChI is InChI=1S/C16H28N4O4/c1-12-11-13(17-5-8-22-2)20-15(18-6-9-23-3)14(12)16(21)19-7-10-24-4/h11H,5-10H2,1-4H3,(H,19,21)(H2,17,18,20). The fourth-order valence-electron chi connectivity index (χ4n) is 2.09. The summed E-state index contributed by atoms with van der Waals surface area (Å²) >= 11 is 0. The van der Waals surface area contributed by atoms with Gasteiger partial charge in [-0.3, -0.25) is 4.79 Å². The van der Waals surface area contributed by atoms with Gasteiger partial charge in [0.2, 0.25) is 0 Å². The molecule has 1 aromatic heterocycles. The van der Waals surface area contributed by atoms with Crippen molar-refractivity contribution in [1.29, 1.82) is 0 Å². The highest BCUT2D eigenvalue weighted by Gasteiger charge is 2.17. The normalized spacial score (nSPS) is 10.5. The van der Waals surface area contributed by atoms with Crippen molar-refractivity contribution in [3.8, 4) is 0 Å². The number of methoxy groups -OCH3 is 3. The predicted octanol–water partition coefficient (Wildman–Crippen LogP) is 0.883. The number of hydrogen-bond donors (Lipinski definition) is 3. The first-order valence-corrected chi connectivity index (χ1v) is 7.88. The number of carbonyl (C=O) groups excluding carboxylic acids is 1. The molecule has 0 unspecified atom stereocenters. The van der Waals surface area contributed by atoms with Gasteiger partial charge in [-0.1, -0.05) is 0 Å². The van der Waals surface area contributed by atoms with Gasteiger partial charge < -0.3 is 30.2 Å². The molecule has 0 atom stereocenters. The Morgan fingerprint density at radius 2 is 1.58 bits per heavy atom. The zero-order valence-corrected chi connectivity index (χ0v) is 14.9. The third-order valence-electron chi connectivity index (χ3n) is 3.25. The Kier molecular flexibility index (Phi) is 9.74.